The largest absolute Gasteiger partial charge is 0.508 e. The molecular weight excluding hydrogens is 346 g/mol. The van der Waals surface area contributed by atoms with E-state index in [2.05, 4.69) is 16.0 Å². The van der Waals surface area contributed by atoms with Gasteiger partial charge in [0.25, 0.3) is 5.91 Å². The van der Waals surface area contributed by atoms with E-state index in [1.165, 1.54) is 0 Å². The lowest BCUT2D eigenvalue weighted by molar-refractivity contribution is 0.0937. The molecule has 27 heavy (non-hydrogen) atoms. The molecule has 0 heterocycles. The van der Waals surface area contributed by atoms with E-state index in [0.29, 0.717) is 30.0 Å². The zero-order valence-electron chi connectivity index (χ0n) is 15.7. The fourth-order valence-electron chi connectivity index (χ4n) is 2.60. The van der Waals surface area contributed by atoms with Crippen LogP contribution in [0.4, 0.5) is 10.5 Å². The summed E-state index contributed by atoms with van der Waals surface area (Å²) in [5, 5.41) is 18.2. The highest BCUT2D eigenvalue weighted by molar-refractivity contribution is 5.96. The molecule has 144 valence electrons. The number of phenols is 1. The van der Waals surface area contributed by atoms with Crippen molar-refractivity contribution in [2.75, 3.05) is 25.6 Å². The van der Waals surface area contributed by atoms with E-state index < -0.39 is 6.03 Å². The van der Waals surface area contributed by atoms with Gasteiger partial charge in [0.05, 0.1) is 12.6 Å². The molecule has 0 aliphatic heterocycles. The standard InChI is InChI=1S/C20H25N3O4/c1-13-12-15(19(25)21-10-11-27-3)8-9-17(13)23-20(26)22-14(2)16-6-4-5-7-18(16)24/h4-9,12,14,24H,10-11H2,1-3H3,(H,21,25)(H2,22,23,26)/t14-/m0/s1. The average molecular weight is 371 g/mol. The Balaban J connectivity index is 1.97. The van der Waals surface area contributed by atoms with Crippen LogP contribution in [-0.4, -0.2) is 37.3 Å². The molecule has 2 aromatic carbocycles. The molecule has 3 amide bonds. The first-order valence-electron chi connectivity index (χ1n) is 8.65. The fraction of sp³-hybridized carbons (Fsp3) is 0.300. The molecule has 0 aliphatic carbocycles. The third kappa shape index (κ3) is 5.72. The SMILES string of the molecule is COCCNC(=O)c1ccc(NC(=O)N[C@@H](C)c2ccccc2O)c(C)c1. The van der Waals surface area contributed by atoms with Gasteiger partial charge in [0, 0.05) is 30.5 Å². The maximum absolute atomic E-state index is 12.3. The molecule has 2 rings (SSSR count). The lowest BCUT2D eigenvalue weighted by atomic mass is 10.1. The number of phenolic OH excluding ortho intramolecular Hbond substituents is 1. The molecule has 7 heteroatoms. The van der Waals surface area contributed by atoms with Crippen LogP contribution in [0.15, 0.2) is 42.5 Å². The van der Waals surface area contributed by atoms with Crippen LogP contribution in [-0.2, 0) is 4.74 Å². The minimum Gasteiger partial charge on any atom is -0.508 e. The summed E-state index contributed by atoms with van der Waals surface area (Å²) in [6, 6.07) is 11.1. The summed E-state index contributed by atoms with van der Waals surface area (Å²) in [4.78, 5) is 24.3. The number of rotatable bonds is 7. The lowest BCUT2D eigenvalue weighted by Crippen LogP contribution is -2.31. The van der Waals surface area contributed by atoms with Crippen LogP contribution in [0.25, 0.3) is 0 Å². The summed E-state index contributed by atoms with van der Waals surface area (Å²) in [5.41, 5.74) is 2.51. The normalized spacial score (nSPS) is 11.5. The number of aryl methyl sites for hydroxylation is 1. The Morgan fingerprint density at radius 2 is 1.93 bits per heavy atom. The maximum Gasteiger partial charge on any atom is 0.319 e. The Labute approximate surface area is 158 Å². The van der Waals surface area contributed by atoms with Crippen molar-refractivity contribution in [2.24, 2.45) is 0 Å². The number of nitrogens with one attached hydrogen (secondary N) is 3. The van der Waals surface area contributed by atoms with Gasteiger partial charge in [0.2, 0.25) is 0 Å². The smallest absolute Gasteiger partial charge is 0.319 e. The molecule has 0 fully saturated rings. The highest BCUT2D eigenvalue weighted by Gasteiger charge is 2.14. The number of urea groups is 1. The van der Waals surface area contributed by atoms with E-state index in [9.17, 15) is 14.7 Å². The predicted octanol–water partition coefficient (Wildman–Crippen LogP) is 2.96. The van der Waals surface area contributed by atoms with Crippen LogP contribution in [0.1, 0.15) is 34.5 Å². The van der Waals surface area contributed by atoms with E-state index in [4.69, 9.17) is 4.74 Å². The minimum absolute atomic E-state index is 0.130. The Kier molecular flexibility index (Phi) is 7.19. The van der Waals surface area contributed by atoms with E-state index in [0.717, 1.165) is 5.56 Å². The average Bonchev–Trinajstić information content (AvgIpc) is 2.63. The molecule has 0 aromatic heterocycles. The molecular formula is C20H25N3O4. The first-order valence-corrected chi connectivity index (χ1v) is 8.65. The van der Waals surface area contributed by atoms with Crippen molar-refractivity contribution in [1.29, 1.82) is 0 Å². The number of benzene rings is 2. The number of ether oxygens (including phenoxy) is 1. The van der Waals surface area contributed by atoms with Crippen LogP contribution in [0.5, 0.6) is 5.75 Å². The summed E-state index contributed by atoms with van der Waals surface area (Å²) in [6.07, 6.45) is 0. The Bertz CT molecular complexity index is 808. The Hall–Kier alpha value is -3.06. The van der Waals surface area contributed by atoms with Crippen molar-refractivity contribution in [3.63, 3.8) is 0 Å². The van der Waals surface area contributed by atoms with Gasteiger partial charge in [0.15, 0.2) is 0 Å². The summed E-state index contributed by atoms with van der Waals surface area (Å²) >= 11 is 0. The quantitative estimate of drug-likeness (QED) is 0.562. The molecule has 7 nitrogen and oxygen atoms in total. The zero-order chi connectivity index (χ0) is 19.8. The number of hydrogen-bond acceptors (Lipinski definition) is 4. The molecule has 0 radical (unpaired) electrons. The molecule has 0 spiro atoms. The molecule has 4 N–H and O–H groups in total. The molecule has 0 bridgehead atoms. The second-order valence-electron chi connectivity index (χ2n) is 6.16. The molecule has 2 aromatic rings. The number of aromatic hydroxyl groups is 1. The van der Waals surface area contributed by atoms with Gasteiger partial charge in [-0.15, -0.1) is 0 Å². The Morgan fingerprint density at radius 1 is 1.19 bits per heavy atom. The summed E-state index contributed by atoms with van der Waals surface area (Å²) in [7, 11) is 1.57. The highest BCUT2D eigenvalue weighted by atomic mass is 16.5. The third-order valence-corrected chi connectivity index (χ3v) is 4.08. The zero-order valence-corrected chi connectivity index (χ0v) is 15.7. The van der Waals surface area contributed by atoms with Gasteiger partial charge >= 0.3 is 6.03 Å². The monoisotopic (exact) mass is 371 g/mol. The summed E-state index contributed by atoms with van der Waals surface area (Å²) in [6.45, 7) is 4.48. The van der Waals surface area contributed by atoms with Crippen LogP contribution >= 0.6 is 0 Å². The van der Waals surface area contributed by atoms with Crippen molar-refractivity contribution in [3.05, 3.63) is 59.2 Å². The number of para-hydroxylation sites is 1. The summed E-state index contributed by atoms with van der Waals surface area (Å²) in [5.74, 6) is -0.0651. The maximum atomic E-state index is 12.3. The van der Waals surface area contributed by atoms with Gasteiger partial charge in [0.1, 0.15) is 5.75 Å². The number of carbonyl (C=O) groups excluding carboxylic acids is 2. The first kappa shape index (κ1) is 20.3. The lowest BCUT2D eigenvalue weighted by Gasteiger charge is -2.17. The topological polar surface area (TPSA) is 99.7 Å². The van der Waals surface area contributed by atoms with Crippen molar-refractivity contribution >= 4 is 17.6 Å². The van der Waals surface area contributed by atoms with Crippen LogP contribution in [0.2, 0.25) is 0 Å². The van der Waals surface area contributed by atoms with Gasteiger partial charge < -0.3 is 25.8 Å². The third-order valence-electron chi connectivity index (χ3n) is 4.08. The molecule has 0 saturated carbocycles. The van der Waals surface area contributed by atoms with Gasteiger partial charge in [-0.3, -0.25) is 4.79 Å². The molecule has 0 aliphatic rings. The summed E-state index contributed by atoms with van der Waals surface area (Å²) < 4.78 is 4.90. The highest BCUT2D eigenvalue weighted by Crippen LogP contribution is 2.23. The van der Waals surface area contributed by atoms with Gasteiger partial charge in [-0.05, 0) is 43.7 Å². The molecule has 0 unspecified atom stereocenters. The second kappa shape index (κ2) is 9.59. The van der Waals surface area contributed by atoms with Crippen molar-refractivity contribution in [3.8, 4) is 5.75 Å². The molecule has 0 saturated heterocycles. The van der Waals surface area contributed by atoms with Gasteiger partial charge in [-0.25, -0.2) is 4.79 Å². The number of anilines is 1. The first-order chi connectivity index (χ1) is 12.9. The van der Waals surface area contributed by atoms with E-state index >= 15 is 0 Å². The van der Waals surface area contributed by atoms with Crippen LogP contribution in [0, 0.1) is 6.92 Å². The van der Waals surface area contributed by atoms with Crippen molar-refractivity contribution < 1.29 is 19.4 Å². The number of amides is 3. The van der Waals surface area contributed by atoms with Crippen molar-refractivity contribution in [2.45, 2.75) is 19.9 Å². The van der Waals surface area contributed by atoms with E-state index in [1.54, 1.807) is 56.5 Å². The van der Waals surface area contributed by atoms with Crippen LogP contribution < -0.4 is 16.0 Å². The van der Waals surface area contributed by atoms with Gasteiger partial charge in [-0.2, -0.15) is 0 Å². The predicted molar refractivity (Wildman–Crippen MR) is 104 cm³/mol. The fourth-order valence-corrected chi connectivity index (χ4v) is 2.60. The van der Waals surface area contributed by atoms with E-state index in [1.807, 2.05) is 6.92 Å². The Morgan fingerprint density at radius 3 is 2.59 bits per heavy atom. The van der Waals surface area contributed by atoms with Crippen LogP contribution in [0.3, 0.4) is 0 Å². The second-order valence-corrected chi connectivity index (χ2v) is 6.16. The van der Waals surface area contributed by atoms with E-state index in [-0.39, 0.29) is 17.7 Å². The number of methoxy groups -OCH3 is 1. The molecule has 1 atom stereocenters. The minimum atomic E-state index is -0.397. The number of hydrogen-bond donors (Lipinski definition) is 4. The number of carbonyl (C=O) groups is 2. The van der Waals surface area contributed by atoms with Crippen molar-refractivity contribution in [1.82, 2.24) is 10.6 Å². The van der Waals surface area contributed by atoms with Gasteiger partial charge in [-0.1, -0.05) is 18.2 Å².